The number of rotatable bonds is 5. The molecule has 132 valence electrons. The molecule has 0 aliphatic heterocycles. The number of nitrogens with zero attached hydrogens (tertiary/aromatic N) is 1. The first-order valence-corrected chi connectivity index (χ1v) is 8.50. The monoisotopic (exact) mass is 351 g/mol. The molecule has 1 saturated carbocycles. The predicted octanol–water partition coefficient (Wildman–Crippen LogP) is 2.79. The van der Waals surface area contributed by atoms with Gasteiger partial charge < -0.3 is 19.9 Å². The Morgan fingerprint density at radius 1 is 1.25 bits per heavy atom. The molecule has 0 bridgehead atoms. The number of hydrogen-bond donors (Lipinski definition) is 3. The minimum Gasteiger partial charge on any atom is -0.502 e. The van der Waals surface area contributed by atoms with Gasteiger partial charge in [-0.05, 0) is 43.1 Å². The molecule has 0 aromatic heterocycles. The second kappa shape index (κ2) is 8.73. The van der Waals surface area contributed by atoms with E-state index in [2.05, 4.69) is 22.8 Å². The van der Waals surface area contributed by atoms with E-state index in [0.29, 0.717) is 28.6 Å². The summed E-state index contributed by atoms with van der Waals surface area (Å²) in [6, 6.07) is 3.74. The third-order valence-corrected chi connectivity index (χ3v) is 4.52. The smallest absolute Gasteiger partial charge is 0.200 e. The zero-order chi connectivity index (χ0) is 17.5. The van der Waals surface area contributed by atoms with Crippen molar-refractivity contribution in [1.29, 1.82) is 0 Å². The molecule has 0 spiro atoms. The predicted molar refractivity (Wildman–Crippen MR) is 99.1 cm³/mol. The van der Waals surface area contributed by atoms with Gasteiger partial charge in [0.15, 0.2) is 16.6 Å². The average molecular weight is 351 g/mol. The zero-order valence-electron chi connectivity index (χ0n) is 14.3. The number of methoxy groups -OCH3 is 2. The van der Waals surface area contributed by atoms with Crippen molar-refractivity contribution in [3.05, 3.63) is 17.7 Å². The molecular formula is C17H25N3O3S. The van der Waals surface area contributed by atoms with Crippen molar-refractivity contribution in [2.24, 2.45) is 11.0 Å². The van der Waals surface area contributed by atoms with Gasteiger partial charge in [-0.25, -0.2) is 0 Å². The first-order chi connectivity index (χ1) is 11.5. The van der Waals surface area contributed by atoms with E-state index in [4.69, 9.17) is 21.7 Å². The second-order valence-corrected chi connectivity index (χ2v) is 6.39. The fraction of sp³-hybridized carbons (Fsp3) is 0.529. The van der Waals surface area contributed by atoms with Crippen LogP contribution >= 0.6 is 12.2 Å². The lowest BCUT2D eigenvalue weighted by molar-refractivity contribution is 0.308. The van der Waals surface area contributed by atoms with Gasteiger partial charge in [-0.1, -0.05) is 19.8 Å². The van der Waals surface area contributed by atoms with Crippen LogP contribution in [-0.2, 0) is 0 Å². The van der Waals surface area contributed by atoms with E-state index >= 15 is 0 Å². The summed E-state index contributed by atoms with van der Waals surface area (Å²) in [7, 11) is 2.97. The molecule has 1 aliphatic rings. The topological polar surface area (TPSA) is 75.1 Å². The van der Waals surface area contributed by atoms with Crippen molar-refractivity contribution in [3.63, 3.8) is 0 Å². The van der Waals surface area contributed by atoms with Crippen LogP contribution in [0.15, 0.2) is 17.2 Å². The van der Waals surface area contributed by atoms with Crippen LogP contribution in [0.25, 0.3) is 0 Å². The summed E-state index contributed by atoms with van der Waals surface area (Å²) in [6.07, 6.45) is 6.50. The Bertz CT molecular complexity index is 582. The van der Waals surface area contributed by atoms with Crippen molar-refractivity contribution in [1.82, 2.24) is 10.7 Å². The minimum atomic E-state index is -0.0337. The molecule has 2 rings (SSSR count). The maximum atomic E-state index is 9.89. The summed E-state index contributed by atoms with van der Waals surface area (Å²) in [5, 5.41) is 17.9. The molecule has 0 radical (unpaired) electrons. The van der Waals surface area contributed by atoms with Gasteiger partial charge >= 0.3 is 0 Å². The third kappa shape index (κ3) is 4.74. The van der Waals surface area contributed by atoms with Gasteiger partial charge in [-0.15, -0.1) is 0 Å². The number of phenolic OH excluding ortho intramolecular Hbond substituents is 1. The maximum Gasteiger partial charge on any atom is 0.200 e. The minimum absolute atomic E-state index is 0.0337. The summed E-state index contributed by atoms with van der Waals surface area (Å²) in [5.41, 5.74) is 3.56. The Balaban J connectivity index is 1.94. The van der Waals surface area contributed by atoms with Gasteiger partial charge in [0.1, 0.15) is 0 Å². The molecule has 24 heavy (non-hydrogen) atoms. The number of thiocarbonyl (C=S) groups is 1. The van der Waals surface area contributed by atoms with E-state index in [9.17, 15) is 5.11 Å². The molecule has 1 aromatic rings. The summed E-state index contributed by atoms with van der Waals surface area (Å²) in [4.78, 5) is 0. The number of benzene rings is 1. The molecule has 6 nitrogen and oxygen atoms in total. The molecular weight excluding hydrogens is 326 g/mol. The van der Waals surface area contributed by atoms with Gasteiger partial charge in [0.25, 0.3) is 0 Å². The average Bonchev–Trinajstić information content (AvgIpc) is 2.58. The standard InChI is InChI=1S/C17H25N3O3S/c1-11-6-4-5-7-13(11)19-17(24)20-18-10-12-8-14(22-2)16(21)15(9-12)23-3/h8-11,13,21H,4-7H2,1-3H3,(H2,19,20,24)/b18-10+/t11-,13+/m1/s1. The summed E-state index contributed by atoms with van der Waals surface area (Å²) < 4.78 is 10.2. The van der Waals surface area contributed by atoms with Gasteiger partial charge in [0.05, 0.1) is 20.4 Å². The summed E-state index contributed by atoms with van der Waals surface area (Å²) in [5.74, 6) is 1.24. The number of hydrazone groups is 1. The largest absolute Gasteiger partial charge is 0.502 e. The van der Waals surface area contributed by atoms with Crippen LogP contribution in [0.1, 0.15) is 38.2 Å². The van der Waals surface area contributed by atoms with E-state index in [1.807, 2.05) is 0 Å². The van der Waals surface area contributed by atoms with E-state index < -0.39 is 0 Å². The fourth-order valence-corrected chi connectivity index (χ4v) is 3.09. The van der Waals surface area contributed by atoms with E-state index in [-0.39, 0.29) is 5.75 Å². The molecule has 3 N–H and O–H groups in total. The normalized spacial score (nSPS) is 20.6. The second-order valence-electron chi connectivity index (χ2n) is 5.99. The Kier molecular flexibility index (Phi) is 6.66. The highest BCUT2D eigenvalue weighted by Gasteiger charge is 2.21. The van der Waals surface area contributed by atoms with Crippen LogP contribution in [0.5, 0.6) is 17.2 Å². The fourth-order valence-electron chi connectivity index (χ4n) is 2.89. The van der Waals surface area contributed by atoms with Crippen molar-refractivity contribution < 1.29 is 14.6 Å². The van der Waals surface area contributed by atoms with Crippen LogP contribution in [0.2, 0.25) is 0 Å². The molecule has 0 saturated heterocycles. The number of phenols is 1. The third-order valence-electron chi connectivity index (χ3n) is 4.31. The van der Waals surface area contributed by atoms with Crippen molar-refractivity contribution >= 4 is 23.5 Å². The van der Waals surface area contributed by atoms with Crippen LogP contribution in [0.3, 0.4) is 0 Å². The highest BCUT2D eigenvalue weighted by molar-refractivity contribution is 7.80. The molecule has 1 aliphatic carbocycles. The number of aromatic hydroxyl groups is 1. The molecule has 0 unspecified atom stereocenters. The first kappa shape index (κ1) is 18.3. The quantitative estimate of drug-likeness (QED) is 0.430. The first-order valence-electron chi connectivity index (χ1n) is 8.09. The van der Waals surface area contributed by atoms with Crippen molar-refractivity contribution in [2.45, 2.75) is 38.6 Å². The van der Waals surface area contributed by atoms with Gasteiger partial charge in [-0.3, -0.25) is 5.43 Å². The Morgan fingerprint density at radius 3 is 2.46 bits per heavy atom. The molecule has 0 amide bonds. The van der Waals surface area contributed by atoms with Gasteiger partial charge in [-0.2, -0.15) is 5.10 Å². The lowest BCUT2D eigenvalue weighted by Gasteiger charge is -2.30. The SMILES string of the molecule is COc1cc(/C=N/NC(=S)N[C@H]2CCCC[C@H]2C)cc(OC)c1O. The molecule has 7 heteroatoms. The Morgan fingerprint density at radius 2 is 1.88 bits per heavy atom. The number of ether oxygens (including phenoxy) is 2. The van der Waals surface area contributed by atoms with Crippen molar-refractivity contribution in [2.75, 3.05) is 14.2 Å². The van der Waals surface area contributed by atoms with Gasteiger partial charge in [0, 0.05) is 11.6 Å². The van der Waals surface area contributed by atoms with Crippen LogP contribution in [0, 0.1) is 5.92 Å². The molecule has 1 fully saturated rings. The Hall–Kier alpha value is -2.02. The van der Waals surface area contributed by atoms with E-state index in [1.54, 1.807) is 18.3 Å². The zero-order valence-corrected chi connectivity index (χ0v) is 15.2. The lowest BCUT2D eigenvalue weighted by Crippen LogP contribution is -2.44. The van der Waals surface area contributed by atoms with Crippen molar-refractivity contribution in [3.8, 4) is 17.2 Å². The lowest BCUT2D eigenvalue weighted by atomic mass is 9.86. The number of hydrogen-bond acceptors (Lipinski definition) is 5. The Labute approximate surface area is 148 Å². The van der Waals surface area contributed by atoms with Crippen LogP contribution < -0.4 is 20.2 Å². The van der Waals surface area contributed by atoms with Gasteiger partial charge in [0.2, 0.25) is 5.75 Å². The molecule has 1 aromatic carbocycles. The maximum absolute atomic E-state index is 9.89. The van der Waals surface area contributed by atoms with E-state index in [1.165, 1.54) is 33.5 Å². The van der Waals surface area contributed by atoms with Crippen LogP contribution in [-0.4, -0.2) is 36.7 Å². The highest BCUT2D eigenvalue weighted by atomic mass is 32.1. The highest BCUT2D eigenvalue weighted by Crippen LogP contribution is 2.36. The summed E-state index contributed by atoms with van der Waals surface area (Å²) >= 11 is 5.30. The molecule has 2 atom stereocenters. The van der Waals surface area contributed by atoms with E-state index in [0.717, 1.165) is 12.0 Å². The molecule has 0 heterocycles. The summed E-state index contributed by atoms with van der Waals surface area (Å²) in [6.45, 7) is 2.25. The number of nitrogens with one attached hydrogen (secondary N) is 2. The van der Waals surface area contributed by atoms with Crippen LogP contribution in [0.4, 0.5) is 0 Å².